The van der Waals surface area contributed by atoms with Crippen molar-refractivity contribution < 1.29 is 13.6 Å². The summed E-state index contributed by atoms with van der Waals surface area (Å²) in [6.07, 6.45) is 1.59. The summed E-state index contributed by atoms with van der Waals surface area (Å²) in [5.41, 5.74) is 2.40. The van der Waals surface area contributed by atoms with Crippen molar-refractivity contribution in [2.45, 2.75) is 12.6 Å². The molecule has 0 aliphatic rings. The molecule has 3 nitrogen and oxygen atoms in total. The number of hydrogen-bond donors (Lipinski definition) is 0. The lowest BCUT2D eigenvalue weighted by Crippen LogP contribution is -2.35. The summed E-state index contributed by atoms with van der Waals surface area (Å²) in [6, 6.07) is 28.7. The van der Waals surface area contributed by atoms with Gasteiger partial charge >= 0.3 is 0 Å². The minimum Gasteiger partial charge on any atom is -0.467 e. The van der Waals surface area contributed by atoms with Crippen LogP contribution in [-0.2, 0) is 6.54 Å². The minimum absolute atomic E-state index is 0.195. The second-order valence-corrected chi connectivity index (χ2v) is 6.74. The van der Waals surface area contributed by atoms with Gasteiger partial charge in [0.05, 0.1) is 18.8 Å². The lowest BCUT2D eigenvalue weighted by Gasteiger charge is -2.32. The molecule has 4 heteroatoms. The molecular formula is C25H20FNO2. The Morgan fingerprint density at radius 1 is 0.793 bits per heavy atom. The van der Waals surface area contributed by atoms with Gasteiger partial charge in [-0.2, -0.15) is 0 Å². The highest BCUT2D eigenvalue weighted by molar-refractivity contribution is 5.94. The van der Waals surface area contributed by atoms with E-state index in [2.05, 4.69) is 0 Å². The Hall–Kier alpha value is -3.66. The average Bonchev–Trinajstić information content (AvgIpc) is 3.28. The van der Waals surface area contributed by atoms with E-state index in [9.17, 15) is 9.18 Å². The van der Waals surface area contributed by atoms with Gasteiger partial charge in [-0.1, -0.05) is 60.7 Å². The molecule has 0 aliphatic carbocycles. The van der Waals surface area contributed by atoms with E-state index in [1.54, 1.807) is 17.2 Å². The minimum atomic E-state index is -0.373. The van der Waals surface area contributed by atoms with Crippen molar-refractivity contribution >= 4 is 5.91 Å². The number of furan rings is 1. The summed E-state index contributed by atoms with van der Waals surface area (Å²) in [5.74, 6) is 0.109. The first-order chi connectivity index (χ1) is 14.2. The third kappa shape index (κ3) is 4.27. The standard InChI is InChI=1S/C25H20FNO2/c26-22-15-13-21(14-16-22)25(28)27(18-23-12-7-17-29-23)24(19-8-3-1-4-9-19)20-10-5-2-6-11-20/h1-17,24H,18H2. The van der Waals surface area contributed by atoms with Crippen LogP contribution < -0.4 is 0 Å². The van der Waals surface area contributed by atoms with Gasteiger partial charge in [-0.05, 0) is 47.5 Å². The summed E-state index contributed by atoms with van der Waals surface area (Å²) in [4.78, 5) is 15.3. The van der Waals surface area contributed by atoms with E-state index in [0.717, 1.165) is 11.1 Å². The van der Waals surface area contributed by atoms with Gasteiger partial charge in [-0.25, -0.2) is 4.39 Å². The molecule has 0 N–H and O–H groups in total. The van der Waals surface area contributed by atoms with Gasteiger partial charge < -0.3 is 9.32 Å². The van der Waals surface area contributed by atoms with Crippen molar-refractivity contribution in [3.63, 3.8) is 0 Å². The van der Waals surface area contributed by atoms with Gasteiger partial charge in [-0.3, -0.25) is 4.79 Å². The predicted molar refractivity (Wildman–Crippen MR) is 110 cm³/mol. The fraction of sp³-hybridized carbons (Fsp3) is 0.0800. The molecular weight excluding hydrogens is 365 g/mol. The molecule has 0 radical (unpaired) electrons. The van der Waals surface area contributed by atoms with Gasteiger partial charge in [0.2, 0.25) is 0 Å². The maximum Gasteiger partial charge on any atom is 0.255 e. The zero-order chi connectivity index (χ0) is 20.1. The fourth-order valence-electron chi connectivity index (χ4n) is 3.43. The van der Waals surface area contributed by atoms with Crippen LogP contribution in [0.15, 0.2) is 108 Å². The van der Waals surface area contributed by atoms with Crippen LogP contribution in [0.3, 0.4) is 0 Å². The molecule has 0 saturated heterocycles. The molecule has 0 bridgehead atoms. The number of amides is 1. The van der Waals surface area contributed by atoms with Crippen LogP contribution in [-0.4, -0.2) is 10.8 Å². The number of carbonyl (C=O) groups is 1. The molecule has 1 aromatic heterocycles. The van der Waals surface area contributed by atoms with E-state index in [1.165, 1.54) is 24.3 Å². The normalized spacial score (nSPS) is 10.8. The first-order valence-electron chi connectivity index (χ1n) is 9.41. The van der Waals surface area contributed by atoms with Crippen LogP contribution >= 0.6 is 0 Å². The second kappa shape index (κ2) is 8.57. The van der Waals surface area contributed by atoms with Crippen LogP contribution in [0, 0.1) is 5.82 Å². The molecule has 1 heterocycles. The monoisotopic (exact) mass is 385 g/mol. The number of carbonyl (C=O) groups excluding carboxylic acids is 1. The molecule has 3 aromatic carbocycles. The molecule has 4 rings (SSSR count). The van der Waals surface area contributed by atoms with E-state index >= 15 is 0 Å². The predicted octanol–water partition coefficient (Wildman–Crippen LogP) is 5.85. The first-order valence-corrected chi connectivity index (χ1v) is 9.41. The van der Waals surface area contributed by atoms with Gasteiger partial charge in [0.25, 0.3) is 5.91 Å². The highest BCUT2D eigenvalue weighted by atomic mass is 19.1. The Kier molecular flexibility index (Phi) is 5.52. The van der Waals surface area contributed by atoms with Crippen molar-refractivity contribution in [1.82, 2.24) is 4.90 Å². The lowest BCUT2D eigenvalue weighted by atomic mass is 9.96. The molecule has 4 aromatic rings. The topological polar surface area (TPSA) is 33.5 Å². The number of halogens is 1. The summed E-state index contributed by atoms with van der Waals surface area (Å²) in [5, 5.41) is 0. The number of rotatable bonds is 6. The van der Waals surface area contributed by atoms with Crippen LogP contribution in [0.2, 0.25) is 0 Å². The Morgan fingerprint density at radius 3 is 1.90 bits per heavy atom. The molecule has 144 valence electrons. The molecule has 0 saturated carbocycles. The van der Waals surface area contributed by atoms with E-state index in [-0.39, 0.29) is 24.3 Å². The van der Waals surface area contributed by atoms with E-state index in [0.29, 0.717) is 11.3 Å². The SMILES string of the molecule is O=C(c1ccc(F)cc1)N(Cc1ccco1)C(c1ccccc1)c1ccccc1. The van der Waals surface area contributed by atoms with Crippen LogP contribution in [0.4, 0.5) is 4.39 Å². The number of benzene rings is 3. The van der Waals surface area contributed by atoms with E-state index in [1.807, 2.05) is 66.7 Å². The average molecular weight is 385 g/mol. The van der Waals surface area contributed by atoms with Gasteiger partial charge in [0.1, 0.15) is 11.6 Å². The van der Waals surface area contributed by atoms with E-state index < -0.39 is 0 Å². The maximum atomic E-state index is 13.5. The zero-order valence-electron chi connectivity index (χ0n) is 15.7. The van der Waals surface area contributed by atoms with Gasteiger partial charge in [0.15, 0.2) is 0 Å². The van der Waals surface area contributed by atoms with Crippen molar-refractivity contribution in [2.75, 3.05) is 0 Å². The van der Waals surface area contributed by atoms with Crippen LogP contribution in [0.25, 0.3) is 0 Å². The van der Waals surface area contributed by atoms with Crippen molar-refractivity contribution in [1.29, 1.82) is 0 Å². The molecule has 0 atom stereocenters. The Bertz CT molecular complexity index is 1010. The van der Waals surface area contributed by atoms with Crippen molar-refractivity contribution in [3.05, 3.63) is 132 Å². The third-order valence-corrected chi connectivity index (χ3v) is 4.80. The van der Waals surface area contributed by atoms with Crippen LogP contribution in [0.5, 0.6) is 0 Å². The summed E-state index contributed by atoms with van der Waals surface area (Å²) < 4.78 is 18.9. The zero-order valence-corrected chi connectivity index (χ0v) is 15.7. The third-order valence-electron chi connectivity index (χ3n) is 4.80. The number of nitrogens with zero attached hydrogens (tertiary/aromatic N) is 1. The maximum absolute atomic E-state index is 13.5. The smallest absolute Gasteiger partial charge is 0.255 e. The summed E-state index contributed by atoms with van der Waals surface area (Å²) in [6.45, 7) is 0.289. The van der Waals surface area contributed by atoms with Crippen LogP contribution in [0.1, 0.15) is 33.3 Å². The van der Waals surface area contributed by atoms with Gasteiger partial charge in [-0.15, -0.1) is 0 Å². The van der Waals surface area contributed by atoms with Crippen molar-refractivity contribution in [2.24, 2.45) is 0 Å². The summed E-state index contributed by atoms with van der Waals surface area (Å²) in [7, 11) is 0. The van der Waals surface area contributed by atoms with E-state index in [4.69, 9.17) is 4.42 Å². The molecule has 0 fully saturated rings. The highest BCUT2D eigenvalue weighted by Gasteiger charge is 2.28. The Morgan fingerprint density at radius 2 is 1.38 bits per heavy atom. The van der Waals surface area contributed by atoms with Gasteiger partial charge in [0, 0.05) is 5.56 Å². The Balaban J connectivity index is 1.81. The second-order valence-electron chi connectivity index (χ2n) is 6.74. The molecule has 0 spiro atoms. The molecule has 1 amide bonds. The lowest BCUT2D eigenvalue weighted by molar-refractivity contribution is 0.0676. The molecule has 0 unspecified atom stereocenters. The largest absolute Gasteiger partial charge is 0.467 e. The first kappa shape index (κ1) is 18.7. The fourth-order valence-corrected chi connectivity index (χ4v) is 3.43. The Labute approximate surface area is 169 Å². The molecule has 0 aliphatic heterocycles. The quantitative estimate of drug-likeness (QED) is 0.417. The summed E-state index contributed by atoms with van der Waals surface area (Å²) >= 11 is 0. The molecule has 29 heavy (non-hydrogen) atoms. The number of hydrogen-bond acceptors (Lipinski definition) is 2. The highest BCUT2D eigenvalue weighted by Crippen LogP contribution is 2.31. The van der Waals surface area contributed by atoms with Crippen molar-refractivity contribution in [3.8, 4) is 0 Å².